The van der Waals surface area contributed by atoms with E-state index in [-0.39, 0.29) is 120 Å². The minimum Gasteiger partial charge on any atom is -0.507 e. The number of hydrogen-bond donors (Lipinski definition) is 5. The van der Waals surface area contributed by atoms with Gasteiger partial charge in [-0.3, -0.25) is 33.1 Å². The molecule has 33 heteroatoms. The first kappa shape index (κ1) is 99.4. The summed E-state index contributed by atoms with van der Waals surface area (Å²) in [5.74, 6) is -1.81. The van der Waals surface area contributed by atoms with E-state index in [1.165, 1.54) is 70.8 Å². The molecule has 0 aliphatic rings. The predicted molar refractivity (Wildman–Crippen MR) is 547 cm³/mol. The normalized spacial score (nSPS) is 11.2. The van der Waals surface area contributed by atoms with Gasteiger partial charge < -0.3 is 70.8 Å². The third-order valence-corrected chi connectivity index (χ3v) is 26.1. The highest BCUT2D eigenvalue weighted by Gasteiger charge is 2.30. The first-order valence-electron chi connectivity index (χ1n) is 43.5. The fraction of sp³-hybridized carbons (Fsp3) is 0.130. The number of ether oxygens (including phenoxy) is 2. The zero-order valence-corrected chi connectivity index (χ0v) is 81.7. The molecular formula is C108H85Br2F2N5O22S2. The number of rotatable bonds is 16. The zero-order valence-electron chi connectivity index (χ0n) is 76.9. The van der Waals surface area contributed by atoms with Crippen molar-refractivity contribution in [1.82, 2.24) is 22.8 Å². The highest BCUT2D eigenvalue weighted by Crippen LogP contribution is 2.43. The van der Waals surface area contributed by atoms with Crippen LogP contribution in [0.2, 0.25) is 0 Å². The number of aromatic hydroxyl groups is 5. The smallest absolute Gasteiger partial charge is 0.354 e. The number of methoxy groups -OCH3 is 2. The first-order valence-corrected chi connectivity index (χ1v) is 46.7. The van der Waals surface area contributed by atoms with Crippen LogP contribution in [0.4, 0.5) is 8.78 Å². The van der Waals surface area contributed by atoms with Gasteiger partial charge in [0.05, 0.1) is 54.4 Å². The molecule has 5 N–H and O–H groups in total. The summed E-state index contributed by atoms with van der Waals surface area (Å²) in [6.45, 7) is 16.8. The monoisotopic (exact) mass is 2060 g/mol. The van der Waals surface area contributed by atoms with Gasteiger partial charge in [0, 0.05) is 62.9 Å². The molecule has 27 nitrogen and oxygen atoms in total. The van der Waals surface area contributed by atoms with Gasteiger partial charge in [-0.25, -0.2) is 32.8 Å². The summed E-state index contributed by atoms with van der Waals surface area (Å²) in [6, 6.07) is 74.7. The molecule has 0 radical (unpaired) electrons. The minimum absolute atomic E-state index is 0.00681. The highest BCUT2D eigenvalue weighted by molar-refractivity contribution is 9.11. The highest BCUT2D eigenvalue weighted by atomic mass is 79.9. The second-order valence-electron chi connectivity index (χ2n) is 32.8. The number of fused-ring (bicyclic) bond motifs is 5. The average Bonchev–Trinajstić information content (AvgIpc) is 0.764. The van der Waals surface area contributed by atoms with Crippen molar-refractivity contribution in [2.24, 2.45) is 0 Å². The van der Waals surface area contributed by atoms with Gasteiger partial charge in [0.2, 0.25) is 0 Å². The summed E-state index contributed by atoms with van der Waals surface area (Å²) in [5, 5.41) is 52.4. The molecule has 0 saturated carbocycles. The van der Waals surface area contributed by atoms with E-state index >= 15 is 0 Å². The van der Waals surface area contributed by atoms with Crippen LogP contribution in [0.25, 0.3) is 123 Å². The molecule has 9 aromatic carbocycles. The standard InChI is InChI=1S/C27H18FNO4S.C24H21NO5S.C21H13BrFNO5.C18H16BrNO4.C18H17NO4/c1-16-7-5-12-20(13-16)34-25-24(30)23-22(33-27(25)32)15-21(17-8-3-2-4-9-17)29(26(23)31)19-11-6-10-18(28)14-19;1-14(2)25-18(15-8-5-4-6-9-15)13-19-20(23(25)27)21(26)22(24(28)30-19)31-17-11-7-10-16(12-17)29-3;1-28-14-8-6-13(7-9-14)24-15(11-2-4-12(23)5-3-11)10-16-17(20(24)26)19(25)18(22)21(27)29-16;1-9(2)20-14(11-7-5-4-6-8-11)10(3)16-12(17(20)22)15(21)13(19)18(23)24-16;1-10(2)19-16(12-7-5-4-6-8-12)11(3)17-15(18(19)22)13(20)9-14(21)23-17/h2-15,30H,1H3;4-14,26H,1-3H3;2-10,25H,1H3;4-9,21H,1-3H3;4-10,20H,1-3H3. The summed E-state index contributed by atoms with van der Waals surface area (Å²) < 4.78 is 71.7. The Morgan fingerprint density at radius 3 is 1.21 bits per heavy atom. The topological polar surface area (TPSA) is 381 Å². The molecule has 0 bridgehead atoms. The van der Waals surface area contributed by atoms with Crippen molar-refractivity contribution in [3.63, 3.8) is 0 Å². The van der Waals surface area contributed by atoms with Crippen molar-refractivity contribution >= 4 is 110 Å². The number of aryl methyl sites for hydroxylation is 3. The van der Waals surface area contributed by atoms with E-state index in [0.717, 1.165) is 51.8 Å². The minimum atomic E-state index is -0.818. The van der Waals surface area contributed by atoms with Gasteiger partial charge in [-0.2, -0.15) is 0 Å². The summed E-state index contributed by atoms with van der Waals surface area (Å²) >= 11 is 7.97. The molecule has 0 saturated heterocycles. The molecule has 0 spiro atoms. The molecule has 19 rings (SSSR count). The first-order chi connectivity index (χ1) is 67.5. The number of benzene rings is 9. The maximum atomic E-state index is 14.1. The molecule has 10 heterocycles. The Labute approximate surface area is 823 Å². The Bertz CT molecular complexity index is 8770. The molecule has 0 atom stereocenters. The number of halogens is 4. The van der Waals surface area contributed by atoms with Crippen molar-refractivity contribution in [3.05, 3.63) is 408 Å². The number of nitrogens with zero attached hydrogens (tertiary/aromatic N) is 5. The Morgan fingerprint density at radius 1 is 0.333 bits per heavy atom. The lowest BCUT2D eigenvalue weighted by Crippen LogP contribution is -2.25. The van der Waals surface area contributed by atoms with E-state index in [1.807, 2.05) is 164 Å². The van der Waals surface area contributed by atoms with Crippen molar-refractivity contribution in [1.29, 1.82) is 0 Å². The van der Waals surface area contributed by atoms with Crippen molar-refractivity contribution < 1.29 is 65.9 Å². The van der Waals surface area contributed by atoms with E-state index in [4.69, 9.17) is 31.6 Å². The average molecular weight is 2070 g/mol. The Morgan fingerprint density at radius 2 is 0.730 bits per heavy atom. The van der Waals surface area contributed by atoms with Crippen molar-refractivity contribution in [2.45, 2.75) is 100 Å². The van der Waals surface area contributed by atoms with Crippen LogP contribution in [0.3, 0.4) is 0 Å². The Kier molecular flexibility index (Phi) is 29.7. The van der Waals surface area contributed by atoms with Crippen LogP contribution in [0.1, 0.15) is 76.4 Å². The number of aromatic nitrogens is 5. The Hall–Kier alpha value is -16.1. The fourth-order valence-corrected chi connectivity index (χ4v) is 18.6. The SMILES string of the molecule is COc1ccc(-n2c(-c3ccc(F)cc3)cc3oc(=O)c(Br)c(O)c3c2=O)cc1.COc1cccc(Sc2c(O)c3c(=O)n(C(C)C)c(-c4ccccc4)cc3oc2=O)c1.Cc1c(-c2ccccc2)n(C(C)C)c(=O)c2c(O)c(Br)c(=O)oc12.Cc1c(-c2ccccc2)n(C(C)C)c(=O)c2c(O)cc(=O)oc12.Cc1cccc(Sc2c(O)c3c(=O)n(-c4cccc(F)c4)c(-c4ccccc4)cc3oc2=O)c1. The lowest BCUT2D eigenvalue weighted by Gasteiger charge is -2.20. The quantitative estimate of drug-likeness (QED) is 0.0600. The number of pyridine rings is 5. The second kappa shape index (κ2) is 42.1. The van der Waals surface area contributed by atoms with Gasteiger partial charge in [0.25, 0.3) is 27.8 Å². The van der Waals surface area contributed by atoms with Crippen LogP contribution in [-0.2, 0) is 0 Å². The maximum Gasteiger partial charge on any atom is 0.354 e. The molecule has 0 aliphatic heterocycles. The van der Waals surface area contributed by atoms with Gasteiger partial charge in [-0.05, 0) is 219 Å². The van der Waals surface area contributed by atoms with Crippen LogP contribution in [-0.4, -0.2) is 62.6 Å². The van der Waals surface area contributed by atoms with Crippen LogP contribution >= 0.6 is 55.4 Å². The summed E-state index contributed by atoms with van der Waals surface area (Å²) in [6.07, 6.45) is 0. The van der Waals surface area contributed by atoms with Gasteiger partial charge in [0.15, 0.2) is 34.2 Å². The van der Waals surface area contributed by atoms with Crippen LogP contribution < -0.4 is 65.4 Å². The van der Waals surface area contributed by atoms with Gasteiger partial charge >= 0.3 is 28.1 Å². The summed E-state index contributed by atoms with van der Waals surface area (Å²) in [5.41, 5.74) is 3.51. The molecule has 0 fully saturated rings. The molecule has 10 aromatic heterocycles. The molecule has 714 valence electrons. The van der Waals surface area contributed by atoms with E-state index in [0.29, 0.717) is 77.7 Å². The third kappa shape index (κ3) is 20.2. The summed E-state index contributed by atoms with van der Waals surface area (Å²) in [4.78, 5) is 129. The predicted octanol–water partition coefficient (Wildman–Crippen LogP) is 22.4. The zero-order chi connectivity index (χ0) is 101. The maximum absolute atomic E-state index is 14.1. The van der Waals surface area contributed by atoms with Gasteiger partial charge in [-0.1, -0.05) is 175 Å². The molecule has 0 unspecified atom stereocenters. The van der Waals surface area contributed by atoms with E-state index < -0.39 is 73.5 Å². The van der Waals surface area contributed by atoms with E-state index in [1.54, 1.807) is 126 Å². The van der Waals surface area contributed by atoms with E-state index in [9.17, 15) is 82.3 Å². The van der Waals surface area contributed by atoms with Crippen molar-refractivity contribution in [3.8, 4) is 108 Å². The molecule has 141 heavy (non-hydrogen) atoms. The lowest BCUT2D eigenvalue weighted by molar-refractivity contribution is 0.413. The summed E-state index contributed by atoms with van der Waals surface area (Å²) in [7, 11) is 3.07. The van der Waals surface area contributed by atoms with Crippen molar-refractivity contribution in [2.75, 3.05) is 14.2 Å². The molecular weight excluding hydrogens is 1980 g/mol. The fourth-order valence-electron chi connectivity index (χ4n) is 16.2. The molecule has 19 aromatic rings. The third-order valence-electron chi connectivity index (χ3n) is 22.6. The largest absolute Gasteiger partial charge is 0.507 e. The van der Waals surface area contributed by atoms with Gasteiger partial charge in [-0.15, -0.1) is 0 Å². The molecule has 0 aliphatic carbocycles. The molecule has 0 amide bonds. The van der Waals surface area contributed by atoms with Gasteiger partial charge in [0.1, 0.15) is 91.3 Å². The van der Waals surface area contributed by atoms with E-state index in [2.05, 4.69) is 31.9 Å². The number of hydrogen-bond acceptors (Lipinski definition) is 24. The van der Waals surface area contributed by atoms with Crippen LogP contribution in [0.15, 0.2) is 365 Å². The Balaban J connectivity index is 0.000000134. The lowest BCUT2D eigenvalue weighted by atomic mass is 10.0. The second-order valence-corrected chi connectivity index (χ2v) is 36.5. The van der Waals surface area contributed by atoms with Crippen LogP contribution in [0, 0.1) is 32.4 Å². The van der Waals surface area contributed by atoms with Crippen LogP contribution in [0.5, 0.6) is 40.2 Å².